The third kappa shape index (κ3) is 4.32. The maximum absolute atomic E-state index is 11.1. The number of carbonyl (C=O) groups excluding carboxylic acids is 2. The van der Waals surface area contributed by atoms with Crippen molar-refractivity contribution in [2.45, 2.75) is 26.2 Å². The van der Waals surface area contributed by atoms with Crippen molar-refractivity contribution in [1.29, 1.82) is 0 Å². The zero-order valence-electron chi connectivity index (χ0n) is 8.00. The van der Waals surface area contributed by atoms with Crippen LogP contribution in [0.2, 0.25) is 0 Å². The Hall–Kier alpha value is -1.30. The molecule has 3 nitrogen and oxygen atoms in total. The predicted octanol–water partition coefficient (Wildman–Crippen LogP) is 1.17. The van der Waals surface area contributed by atoms with E-state index in [0.717, 1.165) is 0 Å². The molecular weight excluding hydrogens is 168 g/mol. The number of methoxy groups -OCH3 is 1. The molecule has 0 saturated heterocycles. The molecule has 0 bridgehead atoms. The van der Waals surface area contributed by atoms with E-state index in [4.69, 9.17) is 6.42 Å². The fourth-order valence-electron chi connectivity index (χ4n) is 1.04. The summed E-state index contributed by atoms with van der Waals surface area (Å²) in [7, 11) is 1.28. The number of ketones is 1. The summed E-state index contributed by atoms with van der Waals surface area (Å²) in [5.74, 6) is 1.18. The molecule has 0 aliphatic carbocycles. The van der Waals surface area contributed by atoms with Crippen molar-refractivity contribution in [2.75, 3.05) is 7.11 Å². The Morgan fingerprint density at radius 1 is 1.54 bits per heavy atom. The van der Waals surface area contributed by atoms with E-state index in [0.29, 0.717) is 19.3 Å². The minimum Gasteiger partial charge on any atom is -0.468 e. The summed E-state index contributed by atoms with van der Waals surface area (Å²) in [6.07, 6.45) is 6.79. The van der Waals surface area contributed by atoms with Crippen LogP contribution in [0.15, 0.2) is 0 Å². The van der Waals surface area contributed by atoms with E-state index < -0.39 is 11.9 Å². The highest BCUT2D eigenvalue weighted by Crippen LogP contribution is 2.11. The van der Waals surface area contributed by atoms with E-state index in [2.05, 4.69) is 10.7 Å². The van der Waals surface area contributed by atoms with Gasteiger partial charge in [0.15, 0.2) is 0 Å². The van der Waals surface area contributed by atoms with Crippen LogP contribution in [0.25, 0.3) is 0 Å². The summed E-state index contributed by atoms with van der Waals surface area (Å²) in [6, 6.07) is 0. The van der Waals surface area contributed by atoms with Crippen molar-refractivity contribution in [3.63, 3.8) is 0 Å². The van der Waals surface area contributed by atoms with E-state index in [1.165, 1.54) is 14.0 Å². The summed E-state index contributed by atoms with van der Waals surface area (Å²) in [4.78, 5) is 22.0. The fraction of sp³-hybridized carbons (Fsp3) is 0.600. The highest BCUT2D eigenvalue weighted by atomic mass is 16.5. The lowest BCUT2D eigenvalue weighted by Gasteiger charge is -2.09. The average Bonchev–Trinajstić information content (AvgIpc) is 2.11. The number of Topliss-reactive ketones (excluding diaryl/α,β-unsaturated/α-hetero) is 1. The first kappa shape index (κ1) is 11.7. The summed E-state index contributed by atoms with van der Waals surface area (Å²) < 4.78 is 4.49. The van der Waals surface area contributed by atoms with Crippen LogP contribution < -0.4 is 0 Å². The summed E-state index contributed by atoms with van der Waals surface area (Å²) in [5.41, 5.74) is 0. The molecule has 13 heavy (non-hydrogen) atoms. The standard InChI is InChI=1S/C10H14O3/c1-4-5-6-7-9(8(2)11)10(12)13-3/h1,9H,5-7H2,2-3H3/t9-/m0/s1. The van der Waals surface area contributed by atoms with Gasteiger partial charge in [-0.2, -0.15) is 0 Å². The number of hydrogen-bond acceptors (Lipinski definition) is 3. The van der Waals surface area contributed by atoms with Crippen molar-refractivity contribution in [3.8, 4) is 12.3 Å². The Labute approximate surface area is 78.5 Å². The van der Waals surface area contributed by atoms with Gasteiger partial charge in [-0.1, -0.05) is 0 Å². The number of hydrogen-bond donors (Lipinski definition) is 0. The number of esters is 1. The summed E-state index contributed by atoms with van der Waals surface area (Å²) in [6.45, 7) is 1.39. The highest BCUT2D eigenvalue weighted by molar-refractivity contribution is 5.97. The monoisotopic (exact) mass is 182 g/mol. The Kier molecular flexibility index (Phi) is 5.62. The number of ether oxygens (including phenoxy) is 1. The molecule has 0 aromatic heterocycles. The predicted molar refractivity (Wildman–Crippen MR) is 48.9 cm³/mol. The van der Waals surface area contributed by atoms with Gasteiger partial charge >= 0.3 is 5.97 Å². The molecule has 3 heteroatoms. The molecule has 1 atom stereocenters. The van der Waals surface area contributed by atoms with Gasteiger partial charge in [0.1, 0.15) is 11.7 Å². The number of rotatable bonds is 5. The molecule has 0 fully saturated rings. The third-order valence-corrected chi connectivity index (χ3v) is 1.79. The highest BCUT2D eigenvalue weighted by Gasteiger charge is 2.22. The Bertz CT molecular complexity index is 225. The Balaban J connectivity index is 4.04. The van der Waals surface area contributed by atoms with Gasteiger partial charge in [-0.15, -0.1) is 12.3 Å². The smallest absolute Gasteiger partial charge is 0.316 e. The molecule has 0 rings (SSSR count). The summed E-state index contributed by atoms with van der Waals surface area (Å²) >= 11 is 0. The molecule has 0 unspecified atom stereocenters. The minimum atomic E-state index is -0.640. The zero-order valence-corrected chi connectivity index (χ0v) is 8.00. The molecule has 0 aromatic rings. The lowest BCUT2D eigenvalue weighted by molar-refractivity contribution is -0.149. The van der Waals surface area contributed by atoms with Crippen LogP contribution in [0.1, 0.15) is 26.2 Å². The molecule has 72 valence electrons. The molecular formula is C10H14O3. The summed E-state index contributed by atoms with van der Waals surface area (Å²) in [5, 5.41) is 0. The van der Waals surface area contributed by atoms with Gasteiger partial charge in [-0.05, 0) is 19.8 Å². The number of terminal acetylenes is 1. The topological polar surface area (TPSA) is 43.4 Å². The van der Waals surface area contributed by atoms with Gasteiger partial charge in [0.05, 0.1) is 7.11 Å². The van der Waals surface area contributed by atoms with Crippen LogP contribution in [0.4, 0.5) is 0 Å². The van der Waals surface area contributed by atoms with E-state index in [1.54, 1.807) is 0 Å². The van der Waals surface area contributed by atoms with Gasteiger partial charge in [-0.3, -0.25) is 9.59 Å². The first-order chi connectivity index (χ1) is 6.13. The van der Waals surface area contributed by atoms with Crippen molar-refractivity contribution in [3.05, 3.63) is 0 Å². The van der Waals surface area contributed by atoms with E-state index >= 15 is 0 Å². The average molecular weight is 182 g/mol. The van der Waals surface area contributed by atoms with Crippen molar-refractivity contribution in [1.82, 2.24) is 0 Å². The first-order valence-corrected chi connectivity index (χ1v) is 4.15. The SMILES string of the molecule is C#CCCC[C@@H](C(C)=O)C(=O)OC. The Morgan fingerprint density at radius 3 is 2.54 bits per heavy atom. The van der Waals surface area contributed by atoms with Crippen LogP contribution in [0.5, 0.6) is 0 Å². The van der Waals surface area contributed by atoms with Crippen LogP contribution >= 0.6 is 0 Å². The molecule has 0 amide bonds. The second kappa shape index (κ2) is 6.24. The first-order valence-electron chi connectivity index (χ1n) is 4.15. The minimum absolute atomic E-state index is 0.163. The van der Waals surface area contributed by atoms with Gasteiger partial charge < -0.3 is 4.74 Å². The van der Waals surface area contributed by atoms with E-state index in [-0.39, 0.29) is 5.78 Å². The van der Waals surface area contributed by atoms with E-state index in [1.807, 2.05) is 0 Å². The van der Waals surface area contributed by atoms with Crippen LogP contribution in [-0.2, 0) is 14.3 Å². The van der Waals surface area contributed by atoms with Gasteiger partial charge in [0.2, 0.25) is 0 Å². The van der Waals surface area contributed by atoms with Crippen molar-refractivity contribution < 1.29 is 14.3 Å². The van der Waals surface area contributed by atoms with Gasteiger partial charge in [0, 0.05) is 6.42 Å². The van der Waals surface area contributed by atoms with Gasteiger partial charge in [-0.25, -0.2) is 0 Å². The van der Waals surface area contributed by atoms with Crippen molar-refractivity contribution in [2.24, 2.45) is 5.92 Å². The number of unbranched alkanes of at least 4 members (excludes halogenated alkanes) is 1. The molecule has 0 aliphatic rings. The van der Waals surface area contributed by atoms with Crippen molar-refractivity contribution >= 4 is 11.8 Å². The van der Waals surface area contributed by atoms with Crippen LogP contribution in [-0.4, -0.2) is 18.9 Å². The van der Waals surface area contributed by atoms with Crippen LogP contribution in [0.3, 0.4) is 0 Å². The molecule has 0 N–H and O–H groups in total. The van der Waals surface area contributed by atoms with Gasteiger partial charge in [0.25, 0.3) is 0 Å². The quantitative estimate of drug-likeness (QED) is 0.277. The van der Waals surface area contributed by atoms with Crippen LogP contribution in [0, 0.1) is 18.3 Å². The second-order valence-corrected chi connectivity index (χ2v) is 2.78. The second-order valence-electron chi connectivity index (χ2n) is 2.78. The lowest BCUT2D eigenvalue weighted by Crippen LogP contribution is -2.23. The molecule has 0 spiro atoms. The molecule has 0 radical (unpaired) electrons. The Morgan fingerprint density at radius 2 is 2.15 bits per heavy atom. The largest absolute Gasteiger partial charge is 0.468 e. The number of carbonyl (C=O) groups is 2. The molecule has 0 saturated carbocycles. The molecule has 0 heterocycles. The normalized spacial score (nSPS) is 11.5. The molecule has 0 aromatic carbocycles. The zero-order chi connectivity index (χ0) is 10.3. The van der Waals surface area contributed by atoms with E-state index in [9.17, 15) is 9.59 Å². The third-order valence-electron chi connectivity index (χ3n) is 1.79. The maximum Gasteiger partial charge on any atom is 0.316 e. The molecule has 0 aliphatic heterocycles. The fourth-order valence-corrected chi connectivity index (χ4v) is 1.04. The lowest BCUT2D eigenvalue weighted by atomic mass is 9.98. The maximum atomic E-state index is 11.1.